The maximum atomic E-state index is 5.37. The van der Waals surface area contributed by atoms with Crippen molar-refractivity contribution in [1.82, 2.24) is 4.98 Å². The molecule has 0 aliphatic heterocycles. The van der Waals surface area contributed by atoms with Crippen LogP contribution in [0, 0.1) is 0 Å². The lowest BCUT2D eigenvalue weighted by Gasteiger charge is -2.12. The summed E-state index contributed by atoms with van der Waals surface area (Å²) < 4.78 is 5.37. The third kappa shape index (κ3) is 1.67. The first kappa shape index (κ1) is 7.98. The zero-order valence-corrected chi connectivity index (χ0v) is 7.22. The molecule has 1 heterocycles. The van der Waals surface area contributed by atoms with Crippen molar-refractivity contribution in [3.63, 3.8) is 0 Å². The fourth-order valence-corrected chi connectivity index (χ4v) is 0.962. The number of aromatic amines is 1. The molecule has 0 radical (unpaired) electrons. The van der Waals surface area contributed by atoms with Crippen LogP contribution in [0.1, 0.15) is 6.92 Å². The largest absolute Gasteiger partial charge is 0.490 e. The highest BCUT2D eigenvalue weighted by Crippen LogP contribution is 2.25. The lowest BCUT2D eigenvalue weighted by Crippen LogP contribution is -2.09. The lowest BCUT2D eigenvalue weighted by molar-refractivity contribution is 0.341. The van der Waals surface area contributed by atoms with E-state index in [1.807, 2.05) is 38.3 Å². The molecule has 0 bridgehead atoms. The minimum atomic E-state index is 0.707. The molecule has 0 saturated heterocycles. The van der Waals surface area contributed by atoms with Gasteiger partial charge in [-0.3, -0.25) is 0 Å². The number of hydrogen-bond donors (Lipinski definition) is 1. The molecule has 0 aliphatic rings. The molecule has 0 fully saturated rings. The Balaban J connectivity index is 2.78. The van der Waals surface area contributed by atoms with Crippen LogP contribution >= 0.6 is 0 Å². The van der Waals surface area contributed by atoms with Crippen molar-refractivity contribution < 1.29 is 4.74 Å². The molecule has 11 heavy (non-hydrogen) atoms. The summed E-state index contributed by atoms with van der Waals surface area (Å²) in [6, 6.07) is 0. The van der Waals surface area contributed by atoms with Crippen LogP contribution in [-0.2, 0) is 0 Å². The molecule has 3 heteroatoms. The van der Waals surface area contributed by atoms with Crippen LogP contribution in [0.25, 0.3) is 0 Å². The van der Waals surface area contributed by atoms with Gasteiger partial charge in [-0.2, -0.15) is 0 Å². The number of H-pyrrole nitrogens is 1. The van der Waals surface area contributed by atoms with E-state index in [1.54, 1.807) is 0 Å². The predicted octanol–water partition coefficient (Wildman–Crippen LogP) is 1.48. The molecule has 0 saturated carbocycles. The quantitative estimate of drug-likeness (QED) is 0.714. The average molecular weight is 154 g/mol. The van der Waals surface area contributed by atoms with E-state index >= 15 is 0 Å². The Kier molecular flexibility index (Phi) is 2.41. The van der Waals surface area contributed by atoms with Crippen molar-refractivity contribution in [2.24, 2.45) is 0 Å². The van der Waals surface area contributed by atoms with Crippen LogP contribution in [0.5, 0.6) is 5.75 Å². The first-order valence-corrected chi connectivity index (χ1v) is 3.72. The van der Waals surface area contributed by atoms with Crippen LogP contribution < -0.4 is 9.64 Å². The standard InChI is InChI=1S/C8H14N2O/c1-4-11-8-6-9-5-7(8)10(2)3/h5-6,9H,4H2,1-3H3. The summed E-state index contributed by atoms with van der Waals surface area (Å²) in [6.07, 6.45) is 3.78. The molecular weight excluding hydrogens is 140 g/mol. The Bertz CT molecular complexity index is 218. The molecule has 3 nitrogen and oxygen atoms in total. The zero-order valence-electron chi connectivity index (χ0n) is 7.22. The molecule has 0 unspecified atom stereocenters. The molecule has 1 aromatic rings. The van der Waals surface area contributed by atoms with Gasteiger partial charge in [0.1, 0.15) is 0 Å². The molecule has 1 aromatic heterocycles. The summed E-state index contributed by atoms with van der Waals surface area (Å²) in [4.78, 5) is 5.01. The summed E-state index contributed by atoms with van der Waals surface area (Å²) in [5.41, 5.74) is 1.09. The molecule has 0 atom stereocenters. The van der Waals surface area contributed by atoms with Gasteiger partial charge in [0, 0.05) is 26.5 Å². The SMILES string of the molecule is CCOc1c[nH]cc1N(C)C. The monoisotopic (exact) mass is 154 g/mol. The van der Waals surface area contributed by atoms with Crippen LogP contribution in [0.15, 0.2) is 12.4 Å². The number of nitrogens with one attached hydrogen (secondary N) is 1. The summed E-state index contributed by atoms with van der Waals surface area (Å²) in [6.45, 7) is 2.69. The van der Waals surface area contributed by atoms with Gasteiger partial charge in [-0.15, -0.1) is 0 Å². The van der Waals surface area contributed by atoms with E-state index in [0.29, 0.717) is 6.61 Å². The van der Waals surface area contributed by atoms with Gasteiger partial charge in [0.25, 0.3) is 0 Å². The fraction of sp³-hybridized carbons (Fsp3) is 0.500. The smallest absolute Gasteiger partial charge is 0.159 e. The van der Waals surface area contributed by atoms with Gasteiger partial charge in [-0.1, -0.05) is 0 Å². The fourth-order valence-electron chi connectivity index (χ4n) is 0.962. The molecule has 1 N–H and O–H groups in total. The lowest BCUT2D eigenvalue weighted by atomic mass is 10.4. The predicted molar refractivity (Wildman–Crippen MR) is 46.3 cm³/mol. The zero-order chi connectivity index (χ0) is 8.27. The summed E-state index contributed by atoms with van der Waals surface area (Å²) in [5.74, 6) is 0.914. The maximum absolute atomic E-state index is 5.37. The van der Waals surface area contributed by atoms with E-state index in [4.69, 9.17) is 4.74 Å². The number of aromatic nitrogens is 1. The number of ether oxygens (including phenoxy) is 1. The molecule has 0 spiro atoms. The number of anilines is 1. The third-order valence-electron chi connectivity index (χ3n) is 1.47. The minimum absolute atomic E-state index is 0.707. The number of nitrogens with zero attached hydrogens (tertiary/aromatic N) is 1. The minimum Gasteiger partial charge on any atom is -0.490 e. The van der Waals surface area contributed by atoms with E-state index in [-0.39, 0.29) is 0 Å². The van der Waals surface area contributed by atoms with Gasteiger partial charge >= 0.3 is 0 Å². The van der Waals surface area contributed by atoms with E-state index in [9.17, 15) is 0 Å². The first-order valence-electron chi connectivity index (χ1n) is 3.72. The van der Waals surface area contributed by atoms with E-state index in [0.717, 1.165) is 11.4 Å². The van der Waals surface area contributed by atoms with E-state index in [1.165, 1.54) is 0 Å². The second-order valence-corrected chi connectivity index (χ2v) is 2.53. The van der Waals surface area contributed by atoms with Crippen LogP contribution in [-0.4, -0.2) is 25.7 Å². The Morgan fingerprint density at radius 3 is 2.73 bits per heavy atom. The van der Waals surface area contributed by atoms with E-state index in [2.05, 4.69) is 4.98 Å². The van der Waals surface area contributed by atoms with Gasteiger partial charge in [0.2, 0.25) is 0 Å². The van der Waals surface area contributed by atoms with Gasteiger partial charge in [0.15, 0.2) is 5.75 Å². The second-order valence-electron chi connectivity index (χ2n) is 2.53. The summed E-state index contributed by atoms with van der Waals surface area (Å²) >= 11 is 0. The van der Waals surface area contributed by atoms with E-state index < -0.39 is 0 Å². The second kappa shape index (κ2) is 3.32. The molecular formula is C8H14N2O. The topological polar surface area (TPSA) is 28.3 Å². The number of hydrogen-bond acceptors (Lipinski definition) is 2. The Morgan fingerprint density at radius 2 is 2.18 bits per heavy atom. The summed E-state index contributed by atoms with van der Waals surface area (Å²) in [5, 5.41) is 0. The number of rotatable bonds is 3. The molecule has 0 amide bonds. The van der Waals surface area contributed by atoms with Crippen molar-refractivity contribution in [3.8, 4) is 5.75 Å². The maximum Gasteiger partial charge on any atom is 0.159 e. The van der Waals surface area contributed by atoms with Crippen molar-refractivity contribution in [3.05, 3.63) is 12.4 Å². The highest BCUT2D eigenvalue weighted by molar-refractivity contribution is 5.55. The van der Waals surface area contributed by atoms with Gasteiger partial charge in [0.05, 0.1) is 12.3 Å². The van der Waals surface area contributed by atoms with Crippen LogP contribution in [0.2, 0.25) is 0 Å². The Hall–Kier alpha value is -1.12. The van der Waals surface area contributed by atoms with Gasteiger partial charge < -0.3 is 14.6 Å². The normalized spacial score (nSPS) is 9.73. The molecule has 0 aromatic carbocycles. The van der Waals surface area contributed by atoms with Gasteiger partial charge in [-0.05, 0) is 6.92 Å². The highest BCUT2D eigenvalue weighted by atomic mass is 16.5. The third-order valence-corrected chi connectivity index (χ3v) is 1.47. The molecule has 62 valence electrons. The first-order chi connectivity index (χ1) is 5.25. The Labute approximate surface area is 67.0 Å². The Morgan fingerprint density at radius 1 is 1.45 bits per heavy atom. The molecule has 1 rings (SSSR count). The van der Waals surface area contributed by atoms with Crippen LogP contribution in [0.3, 0.4) is 0 Å². The van der Waals surface area contributed by atoms with Crippen molar-refractivity contribution in [1.29, 1.82) is 0 Å². The average Bonchev–Trinajstić information content (AvgIpc) is 2.36. The van der Waals surface area contributed by atoms with Crippen LogP contribution in [0.4, 0.5) is 5.69 Å². The van der Waals surface area contributed by atoms with Gasteiger partial charge in [-0.25, -0.2) is 0 Å². The summed E-state index contributed by atoms with van der Waals surface area (Å²) in [7, 11) is 3.98. The van der Waals surface area contributed by atoms with Crippen molar-refractivity contribution >= 4 is 5.69 Å². The van der Waals surface area contributed by atoms with Crippen molar-refractivity contribution in [2.45, 2.75) is 6.92 Å². The molecule has 0 aliphatic carbocycles. The highest BCUT2D eigenvalue weighted by Gasteiger charge is 2.04. The van der Waals surface area contributed by atoms with Crippen molar-refractivity contribution in [2.75, 3.05) is 25.6 Å².